The molecule has 4 aromatic carbocycles. The maximum absolute atomic E-state index is 15.8. The number of hydrogen-bond acceptors (Lipinski definition) is 3. The molecule has 0 bridgehead atoms. The highest BCUT2D eigenvalue weighted by Crippen LogP contribution is 2.30. The van der Waals surface area contributed by atoms with E-state index in [-0.39, 0.29) is 11.1 Å². The Labute approximate surface area is 302 Å². The van der Waals surface area contributed by atoms with Crippen LogP contribution < -0.4 is 21.7 Å². The molecule has 0 aromatic heterocycles. The Morgan fingerprint density at radius 1 is 0.509 bits per heavy atom. The molecule has 0 radical (unpaired) electrons. The van der Waals surface area contributed by atoms with Crippen LogP contribution in [0.15, 0.2) is 24.3 Å². The van der Waals surface area contributed by atoms with E-state index in [1.807, 2.05) is 20.8 Å². The van der Waals surface area contributed by atoms with Crippen molar-refractivity contribution >= 4 is 28.8 Å². The summed E-state index contributed by atoms with van der Waals surface area (Å²) >= 11 is 0. The SMILES string of the molecule is CC(C)(C)NCc1ccc(CN(C(=O)O[B-](c2c(F)c(F)c(F)c(F)c2F)(c2c(F)c(F)c(F)c(F)c2F)c2c(F)c(F)c(F)c(F)c2F)C(C)(C)C)cc1. The Morgan fingerprint density at radius 2 is 0.782 bits per heavy atom. The van der Waals surface area contributed by atoms with Gasteiger partial charge in [-0.1, -0.05) is 40.7 Å². The number of hydrogen-bond donors (Lipinski definition) is 1. The van der Waals surface area contributed by atoms with E-state index in [0.29, 0.717) is 17.0 Å². The number of benzene rings is 4. The largest absolute Gasteiger partial charge is 0.659 e. The third kappa shape index (κ3) is 7.56. The number of carbonyl (C=O) groups is 1. The van der Waals surface area contributed by atoms with Crippen LogP contribution in [0.2, 0.25) is 0 Å². The first-order valence-electron chi connectivity index (χ1n) is 15.7. The van der Waals surface area contributed by atoms with Crippen molar-refractivity contribution in [3.63, 3.8) is 0 Å². The molecule has 0 aliphatic rings. The molecule has 1 amide bonds. The number of carbonyl (C=O) groups excluding carboxylic acids is 1. The minimum Gasteiger partial charge on any atom is -0.659 e. The normalized spacial score (nSPS) is 12.4. The summed E-state index contributed by atoms with van der Waals surface area (Å²) in [7, 11) is 0. The summed E-state index contributed by atoms with van der Waals surface area (Å²) < 4.78 is 232. The summed E-state index contributed by atoms with van der Waals surface area (Å²) in [4.78, 5) is 14.6. The average Bonchev–Trinajstić information content (AvgIpc) is 3.10. The lowest BCUT2D eigenvalue weighted by molar-refractivity contribution is 0.101. The molecule has 0 atom stereocenters. The van der Waals surface area contributed by atoms with Gasteiger partial charge in [0, 0.05) is 24.2 Å². The summed E-state index contributed by atoms with van der Waals surface area (Å²) in [5.74, 6) is -48.3. The van der Waals surface area contributed by atoms with Crippen LogP contribution in [0.4, 0.5) is 70.7 Å². The van der Waals surface area contributed by atoms with Gasteiger partial charge < -0.3 is 14.9 Å². The van der Waals surface area contributed by atoms with Crippen LogP contribution in [0.1, 0.15) is 52.7 Å². The Morgan fingerprint density at radius 3 is 1.05 bits per heavy atom. The first kappa shape index (κ1) is 42.9. The van der Waals surface area contributed by atoms with Crippen molar-refractivity contribution < 1.29 is 75.3 Å². The third-order valence-corrected chi connectivity index (χ3v) is 8.45. The number of halogens is 15. The van der Waals surface area contributed by atoms with E-state index >= 15 is 26.3 Å². The third-order valence-electron chi connectivity index (χ3n) is 8.45. The zero-order chi connectivity index (χ0) is 41.9. The molecule has 0 unspecified atom stereocenters. The fourth-order valence-electron chi connectivity index (χ4n) is 5.65. The van der Waals surface area contributed by atoms with Crippen molar-refractivity contribution in [3.8, 4) is 0 Å². The fraction of sp³-hybridized carbons (Fsp3) is 0.286. The van der Waals surface area contributed by atoms with Crippen molar-refractivity contribution in [1.29, 1.82) is 0 Å². The Kier molecular flexibility index (Phi) is 11.7. The zero-order valence-corrected chi connectivity index (χ0v) is 29.2. The standard InChI is InChI=1S/C35H27BF15N2O2/c1-34(2,3)52-11-13-7-9-14(10-8-13)12-53(35(4,5)6)33(54)55-36(15-18(37)24(43)30(49)25(44)19(15)38,16-20(39)26(45)31(50)27(46)21(16)40)17-22(41)28(47)32(51)29(48)23(17)42/h7-10,52H,11-12H2,1-6H3/q-1. The van der Waals surface area contributed by atoms with Crippen molar-refractivity contribution in [2.45, 2.75) is 65.7 Å². The van der Waals surface area contributed by atoms with Gasteiger partial charge in [-0.25, -0.2) is 70.7 Å². The Bertz CT molecular complexity index is 1930. The van der Waals surface area contributed by atoms with Gasteiger partial charge in [0.2, 0.25) is 0 Å². The zero-order valence-electron chi connectivity index (χ0n) is 29.2. The summed E-state index contributed by atoms with van der Waals surface area (Å²) in [5.41, 5.74) is -10.4. The summed E-state index contributed by atoms with van der Waals surface area (Å²) in [6, 6.07) is 5.80. The molecule has 0 spiro atoms. The molecule has 20 heteroatoms. The molecule has 4 aromatic rings. The molecule has 0 heterocycles. The monoisotopic (exact) mass is 803 g/mol. The molecule has 1 N–H and O–H groups in total. The van der Waals surface area contributed by atoms with Gasteiger partial charge in [-0.15, -0.1) is 0 Å². The first-order valence-corrected chi connectivity index (χ1v) is 15.7. The van der Waals surface area contributed by atoms with Gasteiger partial charge in [0.25, 0.3) is 6.35 Å². The molecule has 0 saturated carbocycles. The van der Waals surface area contributed by atoms with Gasteiger partial charge >= 0.3 is 6.09 Å². The summed E-state index contributed by atoms with van der Waals surface area (Å²) in [6.45, 7) is 8.64. The predicted molar refractivity (Wildman–Crippen MR) is 168 cm³/mol. The molecule has 4 nitrogen and oxygen atoms in total. The number of rotatable bonds is 8. The van der Waals surface area contributed by atoms with Crippen molar-refractivity contribution in [1.82, 2.24) is 10.2 Å². The molecular weight excluding hydrogens is 776 g/mol. The maximum Gasteiger partial charge on any atom is 0.362 e. The Balaban J connectivity index is 2.19. The lowest BCUT2D eigenvalue weighted by Crippen LogP contribution is -2.76. The van der Waals surface area contributed by atoms with Gasteiger partial charge in [0.1, 0.15) is 34.9 Å². The van der Waals surface area contributed by atoms with E-state index < -0.39 is 128 Å². The van der Waals surface area contributed by atoms with E-state index in [1.165, 1.54) is 45.0 Å². The van der Waals surface area contributed by atoms with E-state index in [2.05, 4.69) is 5.32 Å². The van der Waals surface area contributed by atoms with Gasteiger partial charge in [-0.2, -0.15) is 0 Å². The number of nitrogens with one attached hydrogen (secondary N) is 1. The van der Waals surface area contributed by atoms with Gasteiger partial charge in [-0.05, 0) is 52.7 Å². The highest BCUT2D eigenvalue weighted by atomic mass is 19.2. The molecule has 55 heavy (non-hydrogen) atoms. The highest BCUT2D eigenvalue weighted by Gasteiger charge is 2.52. The van der Waals surface area contributed by atoms with E-state index in [4.69, 9.17) is 4.65 Å². The molecule has 298 valence electrons. The molecule has 4 rings (SSSR count). The van der Waals surface area contributed by atoms with Crippen molar-refractivity contribution in [2.24, 2.45) is 0 Å². The minimum absolute atomic E-state index is 0.119. The van der Waals surface area contributed by atoms with E-state index in [1.54, 1.807) is 0 Å². The van der Waals surface area contributed by atoms with Crippen LogP contribution in [0.5, 0.6) is 0 Å². The Hall–Kier alpha value is -4.88. The molecule has 0 aliphatic carbocycles. The maximum atomic E-state index is 15.8. The van der Waals surface area contributed by atoms with Gasteiger partial charge in [-0.3, -0.25) is 0 Å². The van der Waals surface area contributed by atoms with Gasteiger partial charge in [0.05, 0.1) is 0 Å². The molecule has 0 fully saturated rings. The van der Waals surface area contributed by atoms with Crippen LogP contribution >= 0.6 is 0 Å². The smallest absolute Gasteiger partial charge is 0.362 e. The number of amides is 1. The van der Waals surface area contributed by atoms with E-state index in [0.717, 1.165) is 0 Å². The lowest BCUT2D eigenvalue weighted by Gasteiger charge is -2.47. The van der Waals surface area contributed by atoms with Gasteiger partial charge in [0.15, 0.2) is 52.4 Å². The quantitative estimate of drug-likeness (QED) is 0.0849. The minimum atomic E-state index is -6.55. The van der Waals surface area contributed by atoms with Crippen LogP contribution in [0, 0.1) is 87.3 Å². The summed E-state index contributed by atoms with van der Waals surface area (Å²) in [6.07, 6.45) is -8.87. The van der Waals surface area contributed by atoms with Crippen LogP contribution in [0.25, 0.3) is 0 Å². The highest BCUT2D eigenvalue weighted by molar-refractivity contribution is 7.08. The fourth-order valence-corrected chi connectivity index (χ4v) is 5.65. The molecule has 0 aliphatic heterocycles. The molecule has 0 saturated heterocycles. The predicted octanol–water partition coefficient (Wildman–Crippen LogP) is 8.07. The topological polar surface area (TPSA) is 41.6 Å². The first-order chi connectivity index (χ1) is 25.2. The average molecular weight is 803 g/mol. The second kappa shape index (κ2) is 15.0. The molecular formula is C35H27BF15N2O2-. The van der Waals surface area contributed by atoms with Crippen LogP contribution in [-0.4, -0.2) is 28.4 Å². The number of nitrogens with zero attached hydrogens (tertiary/aromatic N) is 1. The van der Waals surface area contributed by atoms with Crippen molar-refractivity contribution in [3.05, 3.63) is 123 Å². The van der Waals surface area contributed by atoms with Crippen molar-refractivity contribution in [2.75, 3.05) is 0 Å². The lowest BCUT2D eigenvalue weighted by atomic mass is 9.27. The van der Waals surface area contributed by atoms with Crippen LogP contribution in [-0.2, 0) is 17.7 Å². The van der Waals surface area contributed by atoms with Crippen LogP contribution in [0.3, 0.4) is 0 Å². The van der Waals surface area contributed by atoms with E-state index in [9.17, 15) is 44.3 Å². The second-order valence-corrected chi connectivity index (χ2v) is 14.3. The summed E-state index contributed by atoms with van der Waals surface area (Å²) in [5, 5.41) is 3.18. The second-order valence-electron chi connectivity index (χ2n) is 14.3.